The van der Waals surface area contributed by atoms with E-state index in [2.05, 4.69) is 137 Å². The SMILES string of the molecule is CC(C)c1c2ccc(-c3ccc4sc5ccccc5c4c3)cc2c(C(C)C)c2ccc(-c3ccccc3)cc12. The minimum atomic E-state index is 0.414. The van der Waals surface area contributed by atoms with Crippen LogP contribution in [0.1, 0.15) is 50.7 Å². The van der Waals surface area contributed by atoms with E-state index in [9.17, 15) is 0 Å². The third-order valence-corrected chi connectivity index (χ3v) is 9.32. The molecule has 190 valence electrons. The van der Waals surface area contributed by atoms with Crippen LogP contribution >= 0.6 is 11.3 Å². The summed E-state index contributed by atoms with van der Waals surface area (Å²) in [5.41, 5.74) is 8.03. The molecule has 6 aromatic carbocycles. The molecule has 39 heavy (non-hydrogen) atoms. The standard InChI is InChI=1S/C38H32S/c1-23(2)37-31-18-15-27(28-16-19-36-32(20-28)29-12-8-9-13-35(29)39-36)22-34(31)38(24(3)4)30-17-14-26(21-33(30)37)25-10-6-5-7-11-25/h5-24H,1-4H3. The lowest BCUT2D eigenvalue weighted by atomic mass is 9.82. The molecule has 0 fully saturated rings. The fraction of sp³-hybridized carbons (Fsp3) is 0.158. The van der Waals surface area contributed by atoms with Gasteiger partial charge in [0.25, 0.3) is 0 Å². The minimum absolute atomic E-state index is 0.414. The molecule has 0 aliphatic carbocycles. The Hall–Kier alpha value is -3.94. The highest BCUT2D eigenvalue weighted by molar-refractivity contribution is 7.25. The Kier molecular flexibility index (Phi) is 5.79. The molecule has 1 aromatic heterocycles. The molecule has 0 amide bonds. The molecule has 0 nitrogen and oxygen atoms in total. The second-order valence-electron chi connectivity index (χ2n) is 11.3. The normalized spacial score (nSPS) is 12.1. The molecular weight excluding hydrogens is 488 g/mol. The topological polar surface area (TPSA) is 0 Å². The number of hydrogen-bond acceptors (Lipinski definition) is 1. The maximum Gasteiger partial charge on any atom is 0.0355 e. The first kappa shape index (κ1) is 24.1. The zero-order valence-corrected chi connectivity index (χ0v) is 23.8. The summed E-state index contributed by atoms with van der Waals surface area (Å²) in [6.07, 6.45) is 0. The van der Waals surface area contributed by atoms with E-state index in [0.29, 0.717) is 11.8 Å². The van der Waals surface area contributed by atoms with Crippen molar-refractivity contribution in [2.75, 3.05) is 0 Å². The number of fused-ring (bicyclic) bond motifs is 5. The largest absolute Gasteiger partial charge is 0.135 e. The van der Waals surface area contributed by atoms with Crippen LogP contribution in [0.2, 0.25) is 0 Å². The Bertz CT molecular complexity index is 2000. The monoisotopic (exact) mass is 520 g/mol. The molecule has 1 heteroatoms. The first-order valence-electron chi connectivity index (χ1n) is 14.0. The van der Waals surface area contributed by atoms with Gasteiger partial charge in [-0.2, -0.15) is 0 Å². The fourth-order valence-corrected chi connectivity index (χ4v) is 7.52. The molecule has 0 bridgehead atoms. The highest BCUT2D eigenvalue weighted by Crippen LogP contribution is 2.43. The third kappa shape index (κ3) is 3.96. The van der Waals surface area contributed by atoms with Gasteiger partial charge >= 0.3 is 0 Å². The van der Waals surface area contributed by atoms with Crippen LogP contribution < -0.4 is 0 Å². The molecule has 0 saturated carbocycles. The highest BCUT2D eigenvalue weighted by Gasteiger charge is 2.19. The predicted octanol–water partition coefficient (Wildman–Crippen LogP) is 11.9. The molecular formula is C38H32S. The summed E-state index contributed by atoms with van der Waals surface area (Å²) in [5.74, 6) is 0.832. The van der Waals surface area contributed by atoms with Crippen LogP contribution in [0.4, 0.5) is 0 Å². The predicted molar refractivity (Wildman–Crippen MR) is 173 cm³/mol. The van der Waals surface area contributed by atoms with Crippen molar-refractivity contribution in [1.29, 1.82) is 0 Å². The van der Waals surface area contributed by atoms with Gasteiger partial charge in [0.2, 0.25) is 0 Å². The van der Waals surface area contributed by atoms with Gasteiger partial charge in [-0.25, -0.2) is 0 Å². The van der Waals surface area contributed by atoms with Gasteiger partial charge in [0.05, 0.1) is 0 Å². The van der Waals surface area contributed by atoms with Gasteiger partial charge in [-0.05, 0) is 97.1 Å². The van der Waals surface area contributed by atoms with Gasteiger partial charge < -0.3 is 0 Å². The van der Waals surface area contributed by atoms with Crippen LogP contribution in [-0.4, -0.2) is 0 Å². The molecule has 7 aromatic rings. The summed E-state index contributed by atoms with van der Waals surface area (Å²) in [4.78, 5) is 0. The van der Waals surface area contributed by atoms with Crippen molar-refractivity contribution in [2.24, 2.45) is 0 Å². The quantitative estimate of drug-likeness (QED) is 0.202. The molecule has 0 saturated heterocycles. The van der Waals surface area contributed by atoms with Crippen LogP contribution in [0.25, 0.3) is 64.0 Å². The summed E-state index contributed by atoms with van der Waals surface area (Å²) in [6.45, 7) is 9.35. The average molecular weight is 521 g/mol. The first-order chi connectivity index (χ1) is 19.0. The van der Waals surface area contributed by atoms with Crippen LogP contribution in [0, 0.1) is 0 Å². The molecule has 7 rings (SSSR count). The number of thiophene rings is 1. The molecule has 0 aliphatic heterocycles. The Morgan fingerprint density at radius 2 is 0.872 bits per heavy atom. The summed E-state index contributed by atoms with van der Waals surface area (Å²) >= 11 is 1.88. The van der Waals surface area contributed by atoms with Crippen molar-refractivity contribution in [3.8, 4) is 22.3 Å². The second-order valence-corrected chi connectivity index (χ2v) is 12.4. The van der Waals surface area contributed by atoms with Crippen LogP contribution in [0.3, 0.4) is 0 Å². The Balaban J connectivity index is 1.49. The lowest BCUT2D eigenvalue weighted by Crippen LogP contribution is -2.00. The second kappa shape index (κ2) is 9.36. The van der Waals surface area contributed by atoms with E-state index in [1.807, 2.05) is 11.3 Å². The van der Waals surface area contributed by atoms with Crippen molar-refractivity contribution in [1.82, 2.24) is 0 Å². The van der Waals surface area contributed by atoms with Gasteiger partial charge in [-0.3, -0.25) is 0 Å². The highest BCUT2D eigenvalue weighted by atomic mass is 32.1. The van der Waals surface area contributed by atoms with Crippen LogP contribution in [0.15, 0.2) is 109 Å². The maximum atomic E-state index is 2.46. The molecule has 0 unspecified atom stereocenters. The van der Waals surface area contributed by atoms with E-state index in [4.69, 9.17) is 0 Å². The van der Waals surface area contributed by atoms with E-state index in [-0.39, 0.29) is 0 Å². The van der Waals surface area contributed by atoms with Gasteiger partial charge in [-0.1, -0.05) is 107 Å². The fourth-order valence-electron chi connectivity index (χ4n) is 6.43. The van der Waals surface area contributed by atoms with E-state index >= 15 is 0 Å². The van der Waals surface area contributed by atoms with Gasteiger partial charge in [0.1, 0.15) is 0 Å². The molecule has 0 spiro atoms. The number of rotatable bonds is 4. The van der Waals surface area contributed by atoms with Crippen molar-refractivity contribution in [3.63, 3.8) is 0 Å². The molecule has 1 heterocycles. The maximum absolute atomic E-state index is 2.46. The van der Waals surface area contributed by atoms with E-state index < -0.39 is 0 Å². The summed E-state index contributed by atoms with van der Waals surface area (Å²) < 4.78 is 2.71. The summed E-state index contributed by atoms with van der Waals surface area (Å²) in [7, 11) is 0. The minimum Gasteiger partial charge on any atom is -0.135 e. The summed E-state index contributed by atoms with van der Waals surface area (Å²) in [6, 6.07) is 40.8. The van der Waals surface area contributed by atoms with E-state index in [0.717, 1.165) is 0 Å². The number of hydrogen-bond donors (Lipinski definition) is 0. The van der Waals surface area contributed by atoms with Crippen molar-refractivity contribution >= 4 is 53.1 Å². The summed E-state index contributed by atoms with van der Waals surface area (Å²) in [5, 5.41) is 8.26. The lowest BCUT2D eigenvalue weighted by molar-refractivity contribution is 0.873. The van der Waals surface area contributed by atoms with Crippen molar-refractivity contribution < 1.29 is 0 Å². The van der Waals surface area contributed by atoms with Crippen molar-refractivity contribution in [3.05, 3.63) is 120 Å². The molecule has 0 aliphatic rings. The smallest absolute Gasteiger partial charge is 0.0355 e. The van der Waals surface area contributed by atoms with E-state index in [1.54, 1.807) is 0 Å². The average Bonchev–Trinajstić information content (AvgIpc) is 3.33. The van der Waals surface area contributed by atoms with Gasteiger partial charge in [-0.15, -0.1) is 11.3 Å². The number of benzene rings is 6. The van der Waals surface area contributed by atoms with Crippen LogP contribution in [0.5, 0.6) is 0 Å². The molecule has 0 radical (unpaired) electrons. The van der Waals surface area contributed by atoms with Gasteiger partial charge in [0, 0.05) is 20.2 Å². The molecule has 0 atom stereocenters. The third-order valence-electron chi connectivity index (χ3n) is 8.17. The van der Waals surface area contributed by atoms with Crippen LogP contribution in [-0.2, 0) is 0 Å². The zero-order valence-electron chi connectivity index (χ0n) is 23.0. The van der Waals surface area contributed by atoms with Crippen molar-refractivity contribution in [2.45, 2.75) is 39.5 Å². The van der Waals surface area contributed by atoms with E-state index in [1.165, 1.54) is 75.1 Å². The first-order valence-corrected chi connectivity index (χ1v) is 14.8. The van der Waals surface area contributed by atoms with Gasteiger partial charge in [0.15, 0.2) is 0 Å². The Morgan fingerprint density at radius 3 is 1.49 bits per heavy atom. The molecule has 0 N–H and O–H groups in total. The lowest BCUT2D eigenvalue weighted by Gasteiger charge is -2.22. The Morgan fingerprint density at radius 1 is 0.385 bits per heavy atom. The zero-order chi connectivity index (χ0) is 26.7. The Labute approximate surface area is 234 Å².